The second-order valence-electron chi connectivity index (χ2n) is 4.43. The molecule has 1 atom stereocenters. The number of halogens is 4. The molecule has 0 saturated heterocycles. The number of esters is 1. The second-order valence-corrected chi connectivity index (χ2v) is 5.28. The molecule has 118 valence electrons. The number of anilines is 1. The molecular weight excluding hydrogens is 351 g/mol. The average Bonchev–Trinajstić information content (AvgIpc) is 2.39. The van der Waals surface area contributed by atoms with Gasteiger partial charge in [0.05, 0.1) is 12.2 Å². The number of hydrogen-bond donors (Lipinski definition) is 1. The number of alkyl halides is 3. The Hall–Kier alpha value is -1.24. The first kappa shape index (κ1) is 17.8. The molecule has 1 rings (SSSR count). The van der Waals surface area contributed by atoms with Crippen LogP contribution in [-0.4, -0.2) is 18.6 Å². The molecule has 1 aromatic rings. The summed E-state index contributed by atoms with van der Waals surface area (Å²) >= 11 is 2.88. The Morgan fingerprint density at radius 3 is 2.57 bits per heavy atom. The fourth-order valence-corrected chi connectivity index (χ4v) is 2.29. The van der Waals surface area contributed by atoms with Crippen molar-refractivity contribution in [3.63, 3.8) is 0 Å². The number of ether oxygens (including phenoxy) is 1. The Morgan fingerprint density at radius 1 is 1.38 bits per heavy atom. The molecule has 0 aliphatic heterocycles. The predicted molar refractivity (Wildman–Crippen MR) is 78.1 cm³/mol. The highest BCUT2D eigenvalue weighted by molar-refractivity contribution is 9.10. The number of carbonyl (C=O) groups excluding carboxylic acids is 1. The van der Waals surface area contributed by atoms with E-state index in [0.29, 0.717) is 12.8 Å². The third-order valence-corrected chi connectivity index (χ3v) is 3.45. The largest absolute Gasteiger partial charge is 0.464 e. The van der Waals surface area contributed by atoms with Crippen molar-refractivity contribution >= 4 is 27.6 Å². The van der Waals surface area contributed by atoms with Gasteiger partial charge < -0.3 is 10.1 Å². The van der Waals surface area contributed by atoms with Crippen LogP contribution in [0.5, 0.6) is 0 Å². The SMILES string of the molecule is CCCC(Nc1ccc(Br)c(C(F)(F)F)c1)C(=O)OCC. The molecule has 1 aromatic carbocycles. The standard InChI is InChI=1S/C14H17BrF3NO2/c1-3-5-12(13(20)21-4-2)19-9-6-7-11(15)10(8-9)14(16,17)18/h6-8,12,19H,3-5H2,1-2H3. The van der Waals surface area contributed by atoms with E-state index in [1.54, 1.807) is 6.92 Å². The number of carbonyl (C=O) groups is 1. The van der Waals surface area contributed by atoms with Gasteiger partial charge in [-0.25, -0.2) is 4.79 Å². The minimum Gasteiger partial charge on any atom is -0.464 e. The number of benzene rings is 1. The summed E-state index contributed by atoms with van der Waals surface area (Å²) in [4.78, 5) is 11.8. The summed E-state index contributed by atoms with van der Waals surface area (Å²) in [6.45, 7) is 3.80. The van der Waals surface area contributed by atoms with Crippen LogP contribution in [0.3, 0.4) is 0 Å². The highest BCUT2D eigenvalue weighted by Gasteiger charge is 2.33. The zero-order valence-corrected chi connectivity index (χ0v) is 13.3. The summed E-state index contributed by atoms with van der Waals surface area (Å²) in [7, 11) is 0. The van der Waals surface area contributed by atoms with Gasteiger partial charge in [0, 0.05) is 10.2 Å². The summed E-state index contributed by atoms with van der Waals surface area (Å²) in [5, 5.41) is 2.81. The van der Waals surface area contributed by atoms with Gasteiger partial charge in [0.2, 0.25) is 0 Å². The Labute approximate surface area is 130 Å². The van der Waals surface area contributed by atoms with Crippen LogP contribution in [0, 0.1) is 0 Å². The lowest BCUT2D eigenvalue weighted by Gasteiger charge is -2.19. The van der Waals surface area contributed by atoms with Crippen molar-refractivity contribution in [3.8, 4) is 0 Å². The third-order valence-electron chi connectivity index (χ3n) is 2.76. The topological polar surface area (TPSA) is 38.3 Å². The number of hydrogen-bond acceptors (Lipinski definition) is 3. The van der Waals surface area contributed by atoms with Gasteiger partial charge in [0.25, 0.3) is 0 Å². The lowest BCUT2D eigenvalue weighted by molar-refractivity contribution is -0.144. The minimum atomic E-state index is -4.46. The quantitative estimate of drug-likeness (QED) is 0.746. The highest BCUT2D eigenvalue weighted by atomic mass is 79.9. The first-order chi connectivity index (χ1) is 9.79. The van der Waals surface area contributed by atoms with Crippen LogP contribution in [0.4, 0.5) is 18.9 Å². The molecule has 3 nitrogen and oxygen atoms in total. The van der Waals surface area contributed by atoms with E-state index >= 15 is 0 Å². The van der Waals surface area contributed by atoms with E-state index in [1.165, 1.54) is 12.1 Å². The maximum Gasteiger partial charge on any atom is 0.417 e. The van der Waals surface area contributed by atoms with E-state index in [4.69, 9.17) is 4.74 Å². The van der Waals surface area contributed by atoms with Gasteiger partial charge in [-0.3, -0.25) is 0 Å². The zero-order chi connectivity index (χ0) is 16.0. The van der Waals surface area contributed by atoms with Crippen molar-refractivity contribution in [1.29, 1.82) is 0 Å². The molecule has 0 aliphatic carbocycles. The second kappa shape index (κ2) is 7.68. The predicted octanol–water partition coefficient (Wildman–Crippen LogP) is 4.61. The molecule has 1 N–H and O–H groups in total. The van der Waals surface area contributed by atoms with E-state index in [1.807, 2.05) is 6.92 Å². The van der Waals surface area contributed by atoms with Crippen molar-refractivity contribution in [2.75, 3.05) is 11.9 Å². The molecule has 0 spiro atoms. The van der Waals surface area contributed by atoms with Crippen molar-refractivity contribution in [2.45, 2.75) is 38.9 Å². The summed E-state index contributed by atoms with van der Waals surface area (Å²) in [6.07, 6.45) is -3.27. The molecular formula is C14H17BrF3NO2. The maximum absolute atomic E-state index is 12.8. The lowest BCUT2D eigenvalue weighted by atomic mass is 10.1. The Balaban J connectivity index is 2.96. The molecule has 0 aliphatic rings. The van der Waals surface area contributed by atoms with Gasteiger partial charge in [-0.05, 0) is 31.5 Å². The maximum atomic E-state index is 12.8. The Morgan fingerprint density at radius 2 is 2.05 bits per heavy atom. The summed E-state index contributed by atoms with van der Waals surface area (Å²) in [5.41, 5.74) is -0.552. The van der Waals surface area contributed by atoms with Gasteiger partial charge in [-0.1, -0.05) is 29.3 Å². The average molecular weight is 368 g/mol. The minimum absolute atomic E-state index is 0.0382. The van der Waals surface area contributed by atoms with Crippen molar-refractivity contribution < 1.29 is 22.7 Å². The number of nitrogens with one attached hydrogen (secondary N) is 1. The normalized spacial score (nSPS) is 12.9. The number of rotatable bonds is 6. The fraction of sp³-hybridized carbons (Fsp3) is 0.500. The van der Waals surface area contributed by atoms with Crippen molar-refractivity contribution in [2.24, 2.45) is 0 Å². The molecule has 0 saturated carbocycles. The smallest absolute Gasteiger partial charge is 0.417 e. The van der Waals surface area contributed by atoms with Crippen LogP contribution in [-0.2, 0) is 15.7 Å². The van der Waals surface area contributed by atoms with Crippen LogP contribution in [0.15, 0.2) is 22.7 Å². The first-order valence-corrected chi connectivity index (χ1v) is 7.38. The molecule has 7 heteroatoms. The molecule has 0 amide bonds. The van der Waals surface area contributed by atoms with E-state index in [-0.39, 0.29) is 16.8 Å². The van der Waals surface area contributed by atoms with Crippen LogP contribution in [0.25, 0.3) is 0 Å². The highest BCUT2D eigenvalue weighted by Crippen LogP contribution is 2.36. The van der Waals surface area contributed by atoms with Gasteiger partial charge in [-0.15, -0.1) is 0 Å². The molecule has 0 heterocycles. The van der Waals surface area contributed by atoms with Crippen LogP contribution in [0.1, 0.15) is 32.3 Å². The molecule has 0 radical (unpaired) electrons. The lowest BCUT2D eigenvalue weighted by Crippen LogP contribution is -2.31. The van der Waals surface area contributed by atoms with E-state index < -0.39 is 23.8 Å². The van der Waals surface area contributed by atoms with E-state index in [2.05, 4.69) is 21.2 Å². The zero-order valence-electron chi connectivity index (χ0n) is 11.8. The molecule has 0 aromatic heterocycles. The molecule has 0 fully saturated rings. The van der Waals surface area contributed by atoms with Crippen LogP contribution < -0.4 is 5.32 Å². The molecule has 1 unspecified atom stereocenters. The monoisotopic (exact) mass is 367 g/mol. The van der Waals surface area contributed by atoms with E-state index in [0.717, 1.165) is 6.07 Å². The van der Waals surface area contributed by atoms with Crippen molar-refractivity contribution in [1.82, 2.24) is 0 Å². The van der Waals surface area contributed by atoms with Crippen LogP contribution >= 0.6 is 15.9 Å². The third kappa shape index (κ3) is 5.22. The summed E-state index contributed by atoms with van der Waals surface area (Å²) in [6, 6.07) is 3.11. The first-order valence-electron chi connectivity index (χ1n) is 6.59. The fourth-order valence-electron chi connectivity index (χ4n) is 1.81. The van der Waals surface area contributed by atoms with Crippen molar-refractivity contribution in [3.05, 3.63) is 28.2 Å². The van der Waals surface area contributed by atoms with Crippen LogP contribution in [0.2, 0.25) is 0 Å². The van der Waals surface area contributed by atoms with Gasteiger partial charge in [-0.2, -0.15) is 13.2 Å². The summed E-state index contributed by atoms with van der Waals surface area (Å²) in [5.74, 6) is -0.462. The molecule has 0 bridgehead atoms. The molecule has 21 heavy (non-hydrogen) atoms. The van der Waals surface area contributed by atoms with Gasteiger partial charge in [0.1, 0.15) is 6.04 Å². The van der Waals surface area contributed by atoms with Gasteiger partial charge >= 0.3 is 12.1 Å². The Bertz CT molecular complexity index is 492. The van der Waals surface area contributed by atoms with E-state index in [9.17, 15) is 18.0 Å². The summed E-state index contributed by atoms with van der Waals surface area (Å²) < 4.78 is 43.4. The Kier molecular flexibility index (Phi) is 6.51. The van der Waals surface area contributed by atoms with Gasteiger partial charge in [0.15, 0.2) is 0 Å².